The van der Waals surface area contributed by atoms with E-state index >= 15 is 0 Å². The van der Waals surface area contributed by atoms with Gasteiger partial charge in [-0.1, -0.05) is 30.7 Å². The Bertz CT molecular complexity index is 1260. The van der Waals surface area contributed by atoms with Gasteiger partial charge in [0.25, 0.3) is 0 Å². The summed E-state index contributed by atoms with van der Waals surface area (Å²) in [7, 11) is 0. The quantitative estimate of drug-likeness (QED) is 0.233. The number of nitrogens with one attached hydrogen (secondary N) is 4. The highest BCUT2D eigenvalue weighted by Gasteiger charge is 2.41. The number of aromatic nitrogens is 2. The summed E-state index contributed by atoms with van der Waals surface area (Å²) in [4.78, 5) is 9.06. The van der Waals surface area contributed by atoms with Crippen LogP contribution in [0.1, 0.15) is 100 Å². The predicted octanol–water partition coefficient (Wildman–Crippen LogP) is 6.94. The highest BCUT2D eigenvalue weighted by atomic mass is 19.3. The summed E-state index contributed by atoms with van der Waals surface area (Å²) >= 11 is 0. The average molecular weight is 606 g/mol. The van der Waals surface area contributed by atoms with Gasteiger partial charge in [-0.3, -0.25) is 0 Å². The highest BCUT2D eigenvalue weighted by molar-refractivity contribution is 5.53. The Morgan fingerprint density at radius 3 is 2.23 bits per heavy atom. The normalized spacial score (nSPS) is 30.3. The lowest BCUT2D eigenvalue weighted by atomic mass is 9.64. The van der Waals surface area contributed by atoms with E-state index in [2.05, 4.69) is 56.4 Å². The van der Waals surface area contributed by atoms with Crippen molar-refractivity contribution in [3.63, 3.8) is 0 Å². The van der Waals surface area contributed by atoms with E-state index in [1.54, 1.807) is 6.20 Å². The van der Waals surface area contributed by atoms with Gasteiger partial charge in [0.05, 0.1) is 6.20 Å². The van der Waals surface area contributed by atoms with Gasteiger partial charge in [-0.15, -0.1) is 0 Å². The number of nitriles is 1. The first-order chi connectivity index (χ1) is 21.3. The van der Waals surface area contributed by atoms with Crippen LogP contribution in [0.5, 0.6) is 0 Å². The van der Waals surface area contributed by atoms with E-state index in [4.69, 9.17) is 0 Å². The van der Waals surface area contributed by atoms with Gasteiger partial charge < -0.3 is 21.3 Å². The Kier molecular flexibility index (Phi) is 9.97. The molecule has 44 heavy (non-hydrogen) atoms. The molecular formula is C35H49F2N7. The van der Waals surface area contributed by atoms with Gasteiger partial charge in [0.1, 0.15) is 17.5 Å². The summed E-state index contributed by atoms with van der Waals surface area (Å²) < 4.78 is 27.1. The minimum atomic E-state index is -2.45. The van der Waals surface area contributed by atoms with Gasteiger partial charge in [-0.05, 0) is 100 Å². The molecule has 9 heteroatoms. The molecule has 4 aliphatic carbocycles. The molecule has 4 aliphatic rings. The van der Waals surface area contributed by atoms with Gasteiger partial charge in [-0.2, -0.15) is 10.2 Å². The monoisotopic (exact) mass is 605 g/mol. The molecule has 0 spiro atoms. The van der Waals surface area contributed by atoms with E-state index in [-0.39, 0.29) is 18.9 Å². The van der Waals surface area contributed by atoms with Gasteiger partial charge in [-0.25, -0.2) is 13.8 Å². The molecule has 7 nitrogen and oxygen atoms in total. The van der Waals surface area contributed by atoms with Crippen molar-refractivity contribution in [1.29, 1.82) is 5.26 Å². The van der Waals surface area contributed by atoms with Crippen LogP contribution < -0.4 is 21.3 Å². The standard InChI is InChI=1S/C35H49F2N7/c1-23-5-2-3-6-27(23)21-40-34-41-22-28(19-38)33(44-34)39-20-24-17-25-7-4-8-26(18-24)32(25)43-30-11-9-29(10-12-30)42-31-13-15-35(36,37)16-14-31/h2-3,5-6,22,24-26,29-32,42-43H,4,7-18,20-21H2,1H3,(H2,39,40,41,44)/t24?,25-,26+,29?,30?,32?. The first-order valence-corrected chi connectivity index (χ1v) is 17.0. The van der Waals surface area contributed by atoms with Crippen molar-refractivity contribution in [3.05, 3.63) is 47.2 Å². The molecule has 1 aromatic carbocycles. The molecule has 4 N–H and O–H groups in total. The number of rotatable bonds is 10. The van der Waals surface area contributed by atoms with E-state index in [9.17, 15) is 14.0 Å². The predicted molar refractivity (Wildman–Crippen MR) is 171 cm³/mol. The fourth-order valence-electron chi connectivity index (χ4n) is 8.45. The molecule has 6 rings (SSSR count). The van der Waals surface area contributed by atoms with E-state index in [1.165, 1.54) is 56.1 Å². The van der Waals surface area contributed by atoms with Crippen molar-refractivity contribution in [2.75, 3.05) is 17.2 Å². The molecule has 0 amide bonds. The maximum Gasteiger partial charge on any atom is 0.248 e. The molecule has 4 atom stereocenters. The van der Waals surface area contributed by atoms with Crippen LogP contribution in [0.15, 0.2) is 30.5 Å². The highest BCUT2D eigenvalue weighted by Crippen LogP contribution is 2.43. The van der Waals surface area contributed by atoms with Gasteiger partial charge in [0.15, 0.2) is 0 Å². The Balaban J connectivity index is 0.974. The maximum atomic E-state index is 13.5. The van der Waals surface area contributed by atoms with Crippen LogP contribution >= 0.6 is 0 Å². The Hall–Kier alpha value is -2.83. The average Bonchev–Trinajstić information content (AvgIpc) is 3.02. The lowest BCUT2D eigenvalue weighted by molar-refractivity contribution is -0.0416. The van der Waals surface area contributed by atoms with Gasteiger partial charge in [0.2, 0.25) is 11.9 Å². The molecule has 1 heterocycles. The number of alkyl halides is 2. The zero-order valence-corrected chi connectivity index (χ0v) is 26.1. The number of benzene rings is 1. The molecule has 4 fully saturated rings. The lowest BCUT2D eigenvalue weighted by Gasteiger charge is -2.48. The summed E-state index contributed by atoms with van der Waals surface area (Å²) in [6.45, 7) is 3.56. The zero-order chi connectivity index (χ0) is 30.5. The van der Waals surface area contributed by atoms with E-state index in [1.807, 2.05) is 12.1 Å². The Morgan fingerprint density at radius 1 is 0.886 bits per heavy atom. The van der Waals surface area contributed by atoms with Crippen LogP contribution in [0.4, 0.5) is 20.5 Å². The van der Waals surface area contributed by atoms with Crippen molar-refractivity contribution in [3.8, 4) is 6.07 Å². The molecule has 2 aromatic rings. The number of hydrogen-bond donors (Lipinski definition) is 4. The minimum absolute atomic E-state index is 0.0356. The number of nitrogens with zero attached hydrogens (tertiary/aromatic N) is 3. The number of aryl methyl sites for hydroxylation is 1. The molecular weight excluding hydrogens is 556 g/mol. The molecule has 4 saturated carbocycles. The van der Waals surface area contributed by atoms with Gasteiger partial charge in [0, 0.05) is 50.1 Å². The molecule has 0 saturated heterocycles. The second-order valence-corrected chi connectivity index (χ2v) is 14.1. The number of halogens is 2. The van der Waals surface area contributed by atoms with E-state index < -0.39 is 5.92 Å². The number of fused-ring (bicyclic) bond motifs is 2. The first-order valence-electron chi connectivity index (χ1n) is 17.0. The van der Waals surface area contributed by atoms with Crippen molar-refractivity contribution in [2.45, 2.75) is 127 Å². The largest absolute Gasteiger partial charge is 0.369 e. The van der Waals surface area contributed by atoms with Crippen molar-refractivity contribution < 1.29 is 8.78 Å². The second-order valence-electron chi connectivity index (χ2n) is 14.1. The Morgan fingerprint density at radius 2 is 1.55 bits per heavy atom. The van der Waals surface area contributed by atoms with Crippen LogP contribution in [0.3, 0.4) is 0 Å². The molecule has 238 valence electrons. The molecule has 2 unspecified atom stereocenters. The molecule has 0 radical (unpaired) electrons. The third-order valence-electron chi connectivity index (χ3n) is 10.9. The summed E-state index contributed by atoms with van der Waals surface area (Å²) in [6, 6.07) is 12.4. The number of anilines is 2. The van der Waals surface area contributed by atoms with Gasteiger partial charge >= 0.3 is 0 Å². The summed E-state index contributed by atoms with van der Waals surface area (Å²) in [5.74, 6) is 0.654. The number of hydrogen-bond acceptors (Lipinski definition) is 7. The summed E-state index contributed by atoms with van der Waals surface area (Å²) in [5, 5.41) is 24.4. The molecule has 2 bridgehead atoms. The third-order valence-corrected chi connectivity index (χ3v) is 10.9. The van der Waals surface area contributed by atoms with Crippen LogP contribution in [-0.4, -0.2) is 46.6 Å². The fraction of sp³-hybridized carbons (Fsp3) is 0.686. The van der Waals surface area contributed by atoms with Crippen molar-refractivity contribution >= 4 is 11.8 Å². The molecule has 0 aliphatic heterocycles. The maximum absolute atomic E-state index is 13.5. The molecule has 1 aromatic heterocycles. The van der Waals surface area contributed by atoms with Crippen molar-refractivity contribution in [1.82, 2.24) is 20.6 Å². The van der Waals surface area contributed by atoms with Crippen molar-refractivity contribution in [2.24, 2.45) is 17.8 Å². The zero-order valence-electron chi connectivity index (χ0n) is 26.1. The second kappa shape index (κ2) is 14.1. The minimum Gasteiger partial charge on any atom is -0.369 e. The van der Waals surface area contributed by atoms with Crippen LogP contribution in [0, 0.1) is 36.0 Å². The lowest BCUT2D eigenvalue weighted by Crippen LogP contribution is -2.54. The summed E-state index contributed by atoms with van der Waals surface area (Å²) in [5.41, 5.74) is 2.90. The van der Waals surface area contributed by atoms with Crippen LogP contribution in [0.2, 0.25) is 0 Å². The fourth-order valence-corrected chi connectivity index (χ4v) is 8.45. The first kappa shape index (κ1) is 31.2. The van der Waals surface area contributed by atoms with Crippen LogP contribution in [0.25, 0.3) is 0 Å². The van der Waals surface area contributed by atoms with Crippen LogP contribution in [-0.2, 0) is 6.54 Å². The van der Waals surface area contributed by atoms with E-state index in [0.29, 0.717) is 72.6 Å². The topological polar surface area (TPSA) is 97.7 Å². The van der Waals surface area contributed by atoms with E-state index in [0.717, 1.165) is 19.4 Å². The third kappa shape index (κ3) is 7.87. The summed E-state index contributed by atoms with van der Waals surface area (Å²) in [6.07, 6.45) is 13.8. The smallest absolute Gasteiger partial charge is 0.248 e. The Labute approximate surface area is 261 Å². The SMILES string of the molecule is Cc1ccccc1CNc1ncc(C#N)c(NCC2C[C@H]3CCC[C@@H](C2)C3NC2CCC(NC3CCC(F)(F)CC3)CC2)n1.